The van der Waals surface area contributed by atoms with E-state index < -0.39 is 17.9 Å². The Kier molecular flexibility index (Phi) is 7.18. The monoisotopic (exact) mass is 578 g/mol. The third-order valence-electron chi connectivity index (χ3n) is 6.98. The predicted molar refractivity (Wildman–Crippen MR) is 160 cm³/mol. The van der Waals surface area contributed by atoms with Crippen molar-refractivity contribution in [1.29, 1.82) is 0 Å². The first-order chi connectivity index (χ1) is 20.4. The summed E-state index contributed by atoms with van der Waals surface area (Å²) in [5.41, 5.74) is 3.26. The average Bonchev–Trinajstić information content (AvgIpc) is 3.53. The smallest absolute Gasteiger partial charge is 0.350 e. The summed E-state index contributed by atoms with van der Waals surface area (Å²) in [5, 5.41) is 0.642. The maximum absolute atomic E-state index is 13.9. The molecule has 3 aromatic carbocycles. The molecular weight excluding hydrogens is 552 g/mol. The van der Waals surface area contributed by atoms with Gasteiger partial charge in [-0.2, -0.15) is 0 Å². The van der Waals surface area contributed by atoms with Crippen molar-refractivity contribution >= 4 is 39.3 Å². The molecule has 1 atom stereocenters. The van der Waals surface area contributed by atoms with E-state index in [1.807, 2.05) is 55.5 Å². The summed E-state index contributed by atoms with van der Waals surface area (Å²) in [7, 11) is 0. The van der Waals surface area contributed by atoms with Gasteiger partial charge in [0.1, 0.15) is 29.4 Å². The van der Waals surface area contributed by atoms with Gasteiger partial charge in [0.2, 0.25) is 5.76 Å². The van der Waals surface area contributed by atoms with Crippen molar-refractivity contribution in [3.8, 4) is 5.75 Å². The zero-order chi connectivity index (χ0) is 29.4. The quantitative estimate of drug-likeness (QED) is 0.152. The summed E-state index contributed by atoms with van der Waals surface area (Å²) >= 11 is 1.03. The van der Waals surface area contributed by atoms with E-state index in [-0.39, 0.29) is 33.4 Å². The number of ether oxygens (including phenoxy) is 2. The van der Waals surface area contributed by atoms with Crippen molar-refractivity contribution in [2.45, 2.75) is 26.5 Å². The zero-order valence-electron chi connectivity index (χ0n) is 23.0. The highest BCUT2D eigenvalue weighted by Gasteiger charge is 2.45. The summed E-state index contributed by atoms with van der Waals surface area (Å²) in [6.07, 6.45) is 1.47. The Morgan fingerprint density at radius 1 is 1.07 bits per heavy atom. The molecule has 2 aromatic heterocycles. The van der Waals surface area contributed by atoms with E-state index in [9.17, 15) is 14.4 Å². The third-order valence-corrected chi connectivity index (χ3v) is 8.12. The van der Waals surface area contributed by atoms with Crippen molar-refractivity contribution in [3.63, 3.8) is 0 Å². The molecule has 8 nitrogen and oxygen atoms in total. The number of esters is 1. The lowest BCUT2D eigenvalue weighted by molar-refractivity contribution is 0.0554. The molecule has 0 aliphatic carbocycles. The highest BCUT2D eigenvalue weighted by molar-refractivity contribution is 7.17. The maximum Gasteiger partial charge on any atom is 0.350 e. The van der Waals surface area contributed by atoms with Crippen LogP contribution in [0.25, 0.3) is 11.0 Å². The second-order valence-corrected chi connectivity index (χ2v) is 10.9. The number of fused-ring (bicyclic) bond motifs is 2. The Morgan fingerprint density at radius 2 is 1.83 bits per heavy atom. The van der Waals surface area contributed by atoms with E-state index in [0.29, 0.717) is 34.6 Å². The Bertz CT molecular complexity index is 1890. The number of amides is 1. The lowest BCUT2D eigenvalue weighted by atomic mass is 9.98. The molecule has 1 amide bonds. The number of benzene rings is 3. The summed E-state index contributed by atoms with van der Waals surface area (Å²) in [6, 6.07) is 21.5. The van der Waals surface area contributed by atoms with Gasteiger partial charge >= 0.3 is 5.97 Å². The molecule has 1 aliphatic rings. The number of anilines is 1. The highest BCUT2D eigenvalue weighted by Crippen LogP contribution is 2.43. The topological polar surface area (TPSA) is 98.9 Å². The van der Waals surface area contributed by atoms with E-state index in [1.165, 1.54) is 11.0 Å². The van der Waals surface area contributed by atoms with Crippen LogP contribution in [0.5, 0.6) is 5.75 Å². The number of thiazole rings is 1. The standard InChI is InChI=1S/C33H26N2O6S/c1-4-16-39-32(38)30-20(3)34-33(42-30)35-27(22-11-13-23(14-12-22)40-18-21-8-6-5-7-9-21)26-28(36)24-17-19(2)10-15-25(24)41-29(26)31(35)37/h4-15,17,27H,1,16,18H2,2-3H3. The molecule has 1 aliphatic heterocycles. The Labute approximate surface area is 245 Å². The molecule has 0 fully saturated rings. The van der Waals surface area contributed by atoms with Crippen LogP contribution in [-0.2, 0) is 11.3 Å². The fourth-order valence-electron chi connectivity index (χ4n) is 4.96. The predicted octanol–water partition coefficient (Wildman–Crippen LogP) is 6.54. The fourth-order valence-corrected chi connectivity index (χ4v) is 5.95. The van der Waals surface area contributed by atoms with Gasteiger partial charge < -0.3 is 13.9 Å². The van der Waals surface area contributed by atoms with Gasteiger partial charge in [0.15, 0.2) is 10.6 Å². The van der Waals surface area contributed by atoms with E-state index in [4.69, 9.17) is 13.9 Å². The van der Waals surface area contributed by atoms with Crippen molar-refractivity contribution in [2.75, 3.05) is 11.5 Å². The van der Waals surface area contributed by atoms with Crippen molar-refractivity contribution in [2.24, 2.45) is 0 Å². The van der Waals surface area contributed by atoms with Gasteiger partial charge in [-0.15, -0.1) is 0 Å². The van der Waals surface area contributed by atoms with Crippen molar-refractivity contribution in [1.82, 2.24) is 4.98 Å². The van der Waals surface area contributed by atoms with E-state index in [1.54, 1.807) is 31.2 Å². The zero-order valence-corrected chi connectivity index (χ0v) is 23.8. The molecular formula is C33H26N2O6S. The van der Waals surface area contributed by atoms with E-state index in [0.717, 1.165) is 22.5 Å². The molecule has 9 heteroatoms. The number of rotatable bonds is 8. The number of nitrogens with zero attached hydrogens (tertiary/aromatic N) is 2. The SMILES string of the molecule is C=CCOC(=O)c1sc(N2C(=O)c3oc4ccc(C)cc4c(=O)c3C2c2ccc(OCc3ccccc3)cc2)nc1C. The summed E-state index contributed by atoms with van der Waals surface area (Å²) in [5.74, 6) is -0.488. The van der Waals surface area contributed by atoms with Crippen LogP contribution in [0.1, 0.15) is 54.2 Å². The molecule has 0 bridgehead atoms. The molecule has 5 aromatic rings. The average molecular weight is 579 g/mol. The minimum absolute atomic E-state index is 0.0469. The molecule has 210 valence electrons. The number of aryl methyl sites for hydroxylation is 2. The molecule has 0 radical (unpaired) electrons. The Balaban J connectivity index is 1.44. The minimum Gasteiger partial charge on any atom is -0.489 e. The van der Waals surface area contributed by atoms with Crippen LogP contribution in [0.4, 0.5) is 5.13 Å². The van der Waals surface area contributed by atoms with Crippen LogP contribution in [0.3, 0.4) is 0 Å². The van der Waals surface area contributed by atoms with Gasteiger partial charge in [0, 0.05) is 0 Å². The number of hydrogen-bond acceptors (Lipinski definition) is 8. The fraction of sp³-hybridized carbons (Fsp3) is 0.152. The molecule has 6 rings (SSSR count). The Hall–Kier alpha value is -5.02. The van der Waals surface area contributed by atoms with Gasteiger partial charge in [-0.1, -0.05) is 78.1 Å². The van der Waals surface area contributed by atoms with Gasteiger partial charge in [-0.25, -0.2) is 9.78 Å². The molecule has 0 spiro atoms. The van der Waals surface area contributed by atoms with Crippen molar-refractivity contribution < 1.29 is 23.5 Å². The molecule has 42 heavy (non-hydrogen) atoms. The van der Waals surface area contributed by atoms with Gasteiger partial charge in [-0.3, -0.25) is 14.5 Å². The van der Waals surface area contributed by atoms with Gasteiger partial charge in [0.05, 0.1) is 22.7 Å². The van der Waals surface area contributed by atoms with Crippen LogP contribution in [0, 0.1) is 13.8 Å². The first-order valence-electron chi connectivity index (χ1n) is 13.3. The minimum atomic E-state index is -0.834. The molecule has 0 saturated heterocycles. The summed E-state index contributed by atoms with van der Waals surface area (Å²) in [4.78, 5) is 46.8. The van der Waals surface area contributed by atoms with Crippen LogP contribution >= 0.6 is 11.3 Å². The van der Waals surface area contributed by atoms with Crippen LogP contribution in [0.2, 0.25) is 0 Å². The first kappa shape index (κ1) is 27.2. The number of carbonyl (C=O) groups excluding carboxylic acids is 2. The number of hydrogen-bond donors (Lipinski definition) is 0. The molecule has 1 unspecified atom stereocenters. The second-order valence-electron chi connectivity index (χ2n) is 9.89. The molecule has 0 N–H and O–H groups in total. The van der Waals surface area contributed by atoms with Crippen LogP contribution < -0.4 is 15.1 Å². The number of carbonyl (C=O) groups is 2. The summed E-state index contributed by atoms with van der Waals surface area (Å²) in [6.45, 7) is 7.58. The van der Waals surface area contributed by atoms with Crippen LogP contribution in [0.15, 0.2) is 94.7 Å². The highest BCUT2D eigenvalue weighted by atomic mass is 32.1. The van der Waals surface area contributed by atoms with Gasteiger partial charge in [0.25, 0.3) is 5.91 Å². The van der Waals surface area contributed by atoms with E-state index >= 15 is 0 Å². The Morgan fingerprint density at radius 3 is 2.57 bits per heavy atom. The largest absolute Gasteiger partial charge is 0.489 e. The molecule has 0 saturated carbocycles. The summed E-state index contributed by atoms with van der Waals surface area (Å²) < 4.78 is 17.2. The maximum atomic E-state index is 13.9. The van der Waals surface area contributed by atoms with Crippen molar-refractivity contribution in [3.05, 3.63) is 134 Å². The normalized spacial score (nSPS) is 14.2. The first-order valence-corrected chi connectivity index (χ1v) is 14.1. The van der Waals surface area contributed by atoms with Crippen LogP contribution in [-0.4, -0.2) is 23.5 Å². The second kappa shape index (κ2) is 11.1. The third kappa shape index (κ3) is 4.88. The molecule has 3 heterocycles. The lowest BCUT2D eigenvalue weighted by Crippen LogP contribution is -2.29. The van der Waals surface area contributed by atoms with Gasteiger partial charge in [-0.05, 0) is 49.2 Å². The lowest BCUT2D eigenvalue weighted by Gasteiger charge is -2.22. The number of aromatic nitrogens is 1. The van der Waals surface area contributed by atoms with E-state index in [2.05, 4.69) is 11.6 Å².